The van der Waals surface area contributed by atoms with Gasteiger partial charge in [0.1, 0.15) is 4.90 Å². The number of nitrogens with zero attached hydrogens (tertiary/aromatic N) is 2. The molecule has 0 saturated carbocycles. The Bertz CT molecular complexity index is 660. The van der Waals surface area contributed by atoms with Gasteiger partial charge in [0.25, 0.3) is 0 Å². The van der Waals surface area contributed by atoms with Gasteiger partial charge in [0, 0.05) is 19.7 Å². The van der Waals surface area contributed by atoms with E-state index in [2.05, 4.69) is 0 Å². The second kappa shape index (κ2) is 7.42. The molecule has 0 bridgehead atoms. The Morgan fingerprint density at radius 1 is 1.36 bits per heavy atom. The third-order valence-corrected chi connectivity index (χ3v) is 5.22. The molecule has 1 aromatic rings. The van der Waals surface area contributed by atoms with Crippen LogP contribution in [0.2, 0.25) is 5.02 Å². The molecule has 1 aromatic carbocycles. The maximum absolute atomic E-state index is 12.8. The van der Waals surface area contributed by atoms with Crippen LogP contribution in [0, 0.1) is 16.7 Å². The fourth-order valence-corrected chi connectivity index (χ4v) is 4.20. The molecule has 22 heavy (non-hydrogen) atoms. The summed E-state index contributed by atoms with van der Waals surface area (Å²) in [6, 6.07) is 6.05. The summed E-state index contributed by atoms with van der Waals surface area (Å²) in [5, 5.41) is 17.9. The van der Waals surface area contributed by atoms with Crippen LogP contribution in [0.4, 0.5) is 0 Å². The standard InChI is InChI=1S/C15H21ClN2O3S/c1-15(2,3)11-18(7-4-8-19)22(20,21)14-6-5-12(10-17)9-13(14)16/h5-6,9,19H,4,7-8,11H2,1-3H3. The van der Waals surface area contributed by atoms with Crippen molar-refractivity contribution in [3.8, 4) is 6.07 Å². The Labute approximate surface area is 137 Å². The first kappa shape index (κ1) is 18.9. The van der Waals surface area contributed by atoms with Gasteiger partial charge in [-0.15, -0.1) is 0 Å². The first-order chi connectivity index (χ1) is 10.1. The molecule has 1 N–H and O–H groups in total. The lowest BCUT2D eigenvalue weighted by atomic mass is 9.97. The first-order valence-corrected chi connectivity index (χ1v) is 8.74. The first-order valence-electron chi connectivity index (χ1n) is 6.92. The summed E-state index contributed by atoms with van der Waals surface area (Å²) in [5.41, 5.74) is 0.0726. The molecule has 1 rings (SSSR count). The normalized spacial score (nSPS) is 12.4. The molecule has 0 aromatic heterocycles. The van der Waals surface area contributed by atoms with Crippen LogP contribution in [0.25, 0.3) is 0 Å². The summed E-state index contributed by atoms with van der Waals surface area (Å²) < 4.78 is 27.0. The van der Waals surface area contributed by atoms with E-state index >= 15 is 0 Å². The van der Waals surface area contributed by atoms with Crippen LogP contribution in [-0.4, -0.2) is 37.5 Å². The monoisotopic (exact) mass is 344 g/mol. The third kappa shape index (κ3) is 4.96. The highest BCUT2D eigenvalue weighted by Gasteiger charge is 2.29. The summed E-state index contributed by atoms with van der Waals surface area (Å²) >= 11 is 6.04. The summed E-state index contributed by atoms with van der Waals surface area (Å²) in [7, 11) is -3.78. The molecule has 0 spiro atoms. The predicted octanol–water partition coefficient (Wildman–Crippen LogP) is 2.63. The molecule has 0 heterocycles. The molecule has 5 nitrogen and oxygen atoms in total. The number of aliphatic hydroxyl groups is 1. The van der Waals surface area contributed by atoms with E-state index in [0.717, 1.165) is 0 Å². The van der Waals surface area contributed by atoms with E-state index in [1.165, 1.54) is 22.5 Å². The van der Waals surface area contributed by atoms with Crippen molar-refractivity contribution in [2.75, 3.05) is 19.7 Å². The van der Waals surface area contributed by atoms with Crippen LogP contribution in [0.5, 0.6) is 0 Å². The van der Waals surface area contributed by atoms with Crippen molar-refractivity contribution in [3.05, 3.63) is 28.8 Å². The highest BCUT2D eigenvalue weighted by molar-refractivity contribution is 7.89. The number of halogens is 1. The fraction of sp³-hybridized carbons (Fsp3) is 0.533. The zero-order valence-electron chi connectivity index (χ0n) is 13.0. The molecule has 0 aliphatic heterocycles. The second-order valence-corrected chi connectivity index (χ2v) is 8.55. The SMILES string of the molecule is CC(C)(C)CN(CCCO)S(=O)(=O)c1ccc(C#N)cc1Cl. The number of aliphatic hydroxyl groups excluding tert-OH is 1. The smallest absolute Gasteiger partial charge is 0.244 e. The molecule has 122 valence electrons. The summed E-state index contributed by atoms with van der Waals surface area (Å²) in [6.45, 7) is 6.26. The van der Waals surface area contributed by atoms with Gasteiger partial charge < -0.3 is 5.11 Å². The lowest BCUT2D eigenvalue weighted by Crippen LogP contribution is -2.38. The van der Waals surface area contributed by atoms with E-state index in [9.17, 15) is 8.42 Å². The molecule has 0 unspecified atom stereocenters. The van der Waals surface area contributed by atoms with Gasteiger partial charge >= 0.3 is 0 Å². The molecule has 0 atom stereocenters. The fourth-order valence-electron chi connectivity index (χ4n) is 1.98. The topological polar surface area (TPSA) is 81.4 Å². The minimum atomic E-state index is -3.78. The maximum Gasteiger partial charge on any atom is 0.244 e. The van der Waals surface area contributed by atoms with Gasteiger partial charge in [-0.25, -0.2) is 8.42 Å². The molecule has 0 aliphatic rings. The van der Waals surface area contributed by atoms with Crippen LogP contribution in [0.15, 0.2) is 23.1 Å². The van der Waals surface area contributed by atoms with Gasteiger partial charge in [0.15, 0.2) is 0 Å². The average molecular weight is 345 g/mol. The maximum atomic E-state index is 12.8. The van der Waals surface area contributed by atoms with Gasteiger partial charge in [0.2, 0.25) is 10.0 Å². The van der Waals surface area contributed by atoms with E-state index < -0.39 is 10.0 Å². The molecule has 0 saturated heterocycles. The molecule has 0 amide bonds. The van der Waals surface area contributed by atoms with Crippen LogP contribution in [0.1, 0.15) is 32.8 Å². The number of rotatable bonds is 6. The van der Waals surface area contributed by atoms with Gasteiger partial charge in [-0.3, -0.25) is 0 Å². The zero-order valence-corrected chi connectivity index (χ0v) is 14.6. The number of sulfonamides is 1. The van der Waals surface area contributed by atoms with Gasteiger partial charge in [-0.05, 0) is 30.0 Å². The van der Waals surface area contributed by atoms with Crippen LogP contribution in [0.3, 0.4) is 0 Å². The summed E-state index contributed by atoms with van der Waals surface area (Å²) in [4.78, 5) is -0.0182. The number of benzene rings is 1. The third-order valence-electron chi connectivity index (χ3n) is 2.90. The van der Waals surface area contributed by atoms with E-state index in [1.54, 1.807) is 0 Å². The Kier molecular flexibility index (Phi) is 6.38. The van der Waals surface area contributed by atoms with Crippen LogP contribution < -0.4 is 0 Å². The number of hydrogen-bond donors (Lipinski definition) is 1. The van der Waals surface area contributed by atoms with Crippen molar-refractivity contribution in [2.24, 2.45) is 5.41 Å². The van der Waals surface area contributed by atoms with Crippen molar-refractivity contribution < 1.29 is 13.5 Å². The van der Waals surface area contributed by atoms with Crippen LogP contribution in [-0.2, 0) is 10.0 Å². The predicted molar refractivity (Wildman–Crippen MR) is 86.1 cm³/mol. The Morgan fingerprint density at radius 2 is 2.00 bits per heavy atom. The van der Waals surface area contributed by atoms with Crippen LogP contribution >= 0.6 is 11.6 Å². The lowest BCUT2D eigenvalue weighted by molar-refractivity contribution is 0.241. The van der Waals surface area contributed by atoms with Gasteiger partial charge in [-0.1, -0.05) is 32.4 Å². The molecule has 0 fully saturated rings. The van der Waals surface area contributed by atoms with Gasteiger partial charge in [-0.2, -0.15) is 9.57 Å². The number of hydrogen-bond acceptors (Lipinski definition) is 4. The zero-order chi connectivity index (χ0) is 17.0. The van der Waals surface area contributed by atoms with Crippen molar-refractivity contribution in [2.45, 2.75) is 32.1 Å². The summed E-state index contributed by atoms with van der Waals surface area (Å²) in [6.07, 6.45) is 0.350. The Hall–Kier alpha value is -1.13. The van der Waals surface area contributed by atoms with Crippen molar-refractivity contribution >= 4 is 21.6 Å². The molecular weight excluding hydrogens is 324 g/mol. The second-order valence-electron chi connectivity index (χ2n) is 6.23. The minimum Gasteiger partial charge on any atom is -0.396 e. The molecule has 0 radical (unpaired) electrons. The van der Waals surface area contributed by atoms with Gasteiger partial charge in [0.05, 0.1) is 16.7 Å². The molecule has 7 heteroatoms. The van der Waals surface area contributed by atoms with Crippen molar-refractivity contribution in [3.63, 3.8) is 0 Å². The van der Waals surface area contributed by atoms with E-state index in [4.69, 9.17) is 22.0 Å². The minimum absolute atomic E-state index is 0.0182. The molecule has 0 aliphatic carbocycles. The Morgan fingerprint density at radius 3 is 2.45 bits per heavy atom. The quantitative estimate of drug-likeness (QED) is 0.860. The summed E-state index contributed by atoms with van der Waals surface area (Å²) in [5.74, 6) is 0. The van der Waals surface area contributed by atoms with Crippen molar-refractivity contribution in [1.29, 1.82) is 5.26 Å². The van der Waals surface area contributed by atoms with E-state index in [1.807, 2.05) is 26.8 Å². The largest absolute Gasteiger partial charge is 0.396 e. The molecular formula is C15H21ClN2O3S. The van der Waals surface area contributed by atoms with E-state index in [-0.39, 0.29) is 28.5 Å². The van der Waals surface area contributed by atoms with E-state index in [0.29, 0.717) is 18.5 Å². The highest BCUT2D eigenvalue weighted by Crippen LogP contribution is 2.28. The Balaban J connectivity index is 3.24. The highest BCUT2D eigenvalue weighted by atomic mass is 35.5. The number of nitriles is 1. The lowest BCUT2D eigenvalue weighted by Gasteiger charge is -2.29. The van der Waals surface area contributed by atoms with Crippen molar-refractivity contribution in [1.82, 2.24) is 4.31 Å². The average Bonchev–Trinajstić information content (AvgIpc) is 2.41.